The van der Waals surface area contributed by atoms with Crippen molar-refractivity contribution in [3.63, 3.8) is 0 Å². The summed E-state index contributed by atoms with van der Waals surface area (Å²) >= 11 is 0. The van der Waals surface area contributed by atoms with Gasteiger partial charge in [-0.25, -0.2) is 0 Å². The van der Waals surface area contributed by atoms with Crippen LogP contribution in [0.25, 0.3) is 0 Å². The van der Waals surface area contributed by atoms with Crippen molar-refractivity contribution in [3.05, 3.63) is 18.0 Å². The Hall–Kier alpha value is -1.52. The molecule has 0 fully saturated rings. The van der Waals surface area contributed by atoms with Crippen molar-refractivity contribution in [2.24, 2.45) is 10.7 Å². The molecule has 0 atom stereocenters. The Morgan fingerprint density at radius 1 is 1.91 bits per heavy atom. The van der Waals surface area contributed by atoms with E-state index >= 15 is 0 Å². The van der Waals surface area contributed by atoms with Crippen LogP contribution in [-0.4, -0.2) is 18.2 Å². The lowest BCUT2D eigenvalue weighted by Crippen LogP contribution is -2.30. The van der Waals surface area contributed by atoms with E-state index in [1.807, 2.05) is 0 Å². The zero-order valence-electron chi connectivity index (χ0n) is 6.24. The maximum absolute atomic E-state index is 5.37. The van der Waals surface area contributed by atoms with Crippen LogP contribution in [0, 0.1) is 0 Å². The van der Waals surface area contributed by atoms with Gasteiger partial charge >= 0.3 is 0 Å². The van der Waals surface area contributed by atoms with Gasteiger partial charge in [-0.1, -0.05) is 5.16 Å². The smallest absolute Gasteiger partial charge is 0.188 e. The fourth-order valence-electron chi connectivity index (χ4n) is 0.590. The van der Waals surface area contributed by atoms with Crippen molar-refractivity contribution in [2.75, 3.05) is 7.05 Å². The standard InChI is InChI=1S/C6H10N4O/c1-8-6(7)9-4-5-2-3-10-11-5/h2-3H,4H2,1H3,(H3,7,8,9). The molecule has 0 radical (unpaired) electrons. The predicted octanol–water partition coefficient (Wildman–Crippen LogP) is -0.291. The first-order chi connectivity index (χ1) is 5.33. The first kappa shape index (κ1) is 7.59. The average Bonchev–Trinajstić information content (AvgIpc) is 2.52. The van der Waals surface area contributed by atoms with Crippen LogP contribution in [0.3, 0.4) is 0 Å². The molecule has 0 aliphatic rings. The highest BCUT2D eigenvalue weighted by Gasteiger charge is 1.95. The maximum Gasteiger partial charge on any atom is 0.188 e. The van der Waals surface area contributed by atoms with Crippen LogP contribution in [0.4, 0.5) is 0 Å². The Bertz CT molecular complexity index is 229. The third-order valence-electron chi connectivity index (χ3n) is 1.18. The molecule has 1 rings (SSSR count). The molecule has 1 heterocycles. The van der Waals surface area contributed by atoms with Crippen molar-refractivity contribution in [1.29, 1.82) is 0 Å². The van der Waals surface area contributed by atoms with Crippen LogP contribution >= 0.6 is 0 Å². The topological polar surface area (TPSA) is 76.4 Å². The van der Waals surface area contributed by atoms with Gasteiger partial charge in [0.15, 0.2) is 11.7 Å². The number of nitrogens with two attached hydrogens (primary N) is 1. The molecule has 1 aromatic rings. The second-order valence-corrected chi connectivity index (χ2v) is 1.94. The molecule has 0 spiro atoms. The second kappa shape index (κ2) is 3.60. The molecule has 11 heavy (non-hydrogen) atoms. The number of nitrogens with one attached hydrogen (secondary N) is 1. The molecule has 0 bridgehead atoms. The minimum Gasteiger partial charge on any atom is -0.370 e. The van der Waals surface area contributed by atoms with Gasteiger partial charge in [0.2, 0.25) is 0 Å². The number of rotatable bonds is 2. The van der Waals surface area contributed by atoms with Gasteiger partial charge in [-0.3, -0.25) is 4.99 Å². The quantitative estimate of drug-likeness (QED) is 0.453. The van der Waals surface area contributed by atoms with Crippen molar-refractivity contribution in [1.82, 2.24) is 10.5 Å². The van der Waals surface area contributed by atoms with E-state index in [1.165, 1.54) is 0 Å². The summed E-state index contributed by atoms with van der Waals surface area (Å²) in [5.74, 6) is 1.12. The number of guanidine groups is 1. The Labute approximate surface area is 64.3 Å². The number of hydrogen-bond acceptors (Lipinski definition) is 3. The number of hydrogen-bond donors (Lipinski definition) is 2. The van der Waals surface area contributed by atoms with Gasteiger partial charge in [0.05, 0.1) is 12.7 Å². The highest BCUT2D eigenvalue weighted by Crippen LogP contribution is 1.93. The minimum atomic E-state index is 0.390. The number of nitrogens with zero attached hydrogens (tertiary/aromatic N) is 2. The van der Waals surface area contributed by atoms with E-state index in [0.29, 0.717) is 12.5 Å². The van der Waals surface area contributed by atoms with Crippen LogP contribution in [-0.2, 0) is 6.54 Å². The molecule has 0 unspecified atom stereocenters. The normalized spacial score (nSPS) is 11.5. The monoisotopic (exact) mass is 154 g/mol. The van der Waals surface area contributed by atoms with E-state index < -0.39 is 0 Å². The van der Waals surface area contributed by atoms with Crippen molar-refractivity contribution < 1.29 is 4.52 Å². The van der Waals surface area contributed by atoms with Gasteiger partial charge in [-0.2, -0.15) is 0 Å². The molecule has 3 N–H and O–H groups in total. The highest BCUT2D eigenvalue weighted by molar-refractivity contribution is 5.77. The van der Waals surface area contributed by atoms with Gasteiger partial charge in [0.25, 0.3) is 0 Å². The Morgan fingerprint density at radius 3 is 3.27 bits per heavy atom. The third kappa shape index (κ3) is 2.29. The molecular formula is C6H10N4O. The van der Waals surface area contributed by atoms with Crippen LogP contribution in [0.2, 0.25) is 0 Å². The Balaban J connectivity index is 2.35. The fraction of sp³-hybridized carbons (Fsp3) is 0.333. The summed E-state index contributed by atoms with van der Waals surface area (Å²) in [7, 11) is 1.61. The van der Waals surface area contributed by atoms with Gasteiger partial charge in [0.1, 0.15) is 0 Å². The molecule has 0 aliphatic carbocycles. The summed E-state index contributed by atoms with van der Waals surface area (Å²) in [4.78, 5) is 3.71. The third-order valence-corrected chi connectivity index (χ3v) is 1.18. The summed E-state index contributed by atoms with van der Waals surface area (Å²) < 4.78 is 4.81. The second-order valence-electron chi connectivity index (χ2n) is 1.94. The molecule has 1 aromatic heterocycles. The van der Waals surface area contributed by atoms with Crippen molar-refractivity contribution >= 4 is 5.96 Å². The van der Waals surface area contributed by atoms with E-state index in [2.05, 4.69) is 15.5 Å². The molecular weight excluding hydrogens is 144 g/mol. The lowest BCUT2D eigenvalue weighted by molar-refractivity contribution is 0.380. The largest absolute Gasteiger partial charge is 0.370 e. The van der Waals surface area contributed by atoms with Crippen LogP contribution < -0.4 is 11.1 Å². The molecule has 0 saturated heterocycles. The first-order valence-electron chi connectivity index (χ1n) is 3.18. The number of aliphatic imine (C=N–C) groups is 1. The number of aromatic nitrogens is 1. The molecule has 5 heteroatoms. The van der Waals surface area contributed by atoms with Crippen LogP contribution in [0.1, 0.15) is 5.76 Å². The average molecular weight is 154 g/mol. The van der Waals surface area contributed by atoms with Gasteiger partial charge in [0, 0.05) is 13.1 Å². The maximum atomic E-state index is 5.37. The Morgan fingerprint density at radius 2 is 2.73 bits per heavy atom. The van der Waals surface area contributed by atoms with Crippen LogP contribution in [0.5, 0.6) is 0 Å². The van der Waals surface area contributed by atoms with Crippen molar-refractivity contribution in [2.45, 2.75) is 6.54 Å². The zero-order valence-corrected chi connectivity index (χ0v) is 6.24. The lowest BCUT2D eigenvalue weighted by atomic mass is 10.4. The first-order valence-corrected chi connectivity index (χ1v) is 3.18. The van der Waals surface area contributed by atoms with Crippen molar-refractivity contribution in [3.8, 4) is 0 Å². The SMILES string of the molecule is CN=C(N)NCc1ccno1. The fourth-order valence-corrected chi connectivity index (χ4v) is 0.590. The molecule has 0 aliphatic heterocycles. The van der Waals surface area contributed by atoms with E-state index in [0.717, 1.165) is 5.76 Å². The lowest BCUT2D eigenvalue weighted by Gasteiger charge is -1.99. The van der Waals surface area contributed by atoms with E-state index in [4.69, 9.17) is 10.3 Å². The summed E-state index contributed by atoms with van der Waals surface area (Å²) in [5.41, 5.74) is 5.37. The highest BCUT2D eigenvalue weighted by atomic mass is 16.5. The van der Waals surface area contributed by atoms with Gasteiger partial charge in [-0.05, 0) is 0 Å². The molecule has 0 aromatic carbocycles. The summed E-state index contributed by atoms with van der Waals surface area (Å²) in [6.07, 6.45) is 1.58. The van der Waals surface area contributed by atoms with Crippen LogP contribution in [0.15, 0.2) is 21.8 Å². The zero-order chi connectivity index (χ0) is 8.10. The Kier molecular flexibility index (Phi) is 2.48. The van der Waals surface area contributed by atoms with E-state index in [-0.39, 0.29) is 0 Å². The molecule has 0 saturated carbocycles. The molecule has 0 amide bonds. The minimum absolute atomic E-state index is 0.390. The summed E-state index contributed by atoms with van der Waals surface area (Å²) in [6, 6.07) is 1.76. The summed E-state index contributed by atoms with van der Waals surface area (Å²) in [5, 5.41) is 6.36. The van der Waals surface area contributed by atoms with E-state index in [9.17, 15) is 0 Å². The molecule has 60 valence electrons. The van der Waals surface area contributed by atoms with Gasteiger partial charge in [-0.15, -0.1) is 0 Å². The predicted molar refractivity (Wildman–Crippen MR) is 40.9 cm³/mol. The summed E-state index contributed by atoms with van der Waals surface area (Å²) in [6.45, 7) is 0.517. The van der Waals surface area contributed by atoms with E-state index in [1.54, 1.807) is 19.3 Å². The molecule has 5 nitrogen and oxygen atoms in total. The van der Waals surface area contributed by atoms with Gasteiger partial charge < -0.3 is 15.6 Å².